The summed E-state index contributed by atoms with van der Waals surface area (Å²) in [7, 11) is 0. The number of aryl methyl sites for hydroxylation is 1. The highest BCUT2D eigenvalue weighted by atomic mass is 16.1. The average Bonchev–Trinajstić information content (AvgIpc) is 2.39. The molecule has 1 nitrogen and oxygen atoms in total. The summed E-state index contributed by atoms with van der Waals surface area (Å²) in [5, 5.41) is 0. The Morgan fingerprint density at radius 2 is 1.75 bits per heavy atom. The largest absolute Gasteiger partial charge is 0.298 e. The van der Waals surface area contributed by atoms with E-state index in [-0.39, 0.29) is 0 Å². The Morgan fingerprint density at radius 3 is 2.38 bits per heavy atom. The first-order valence-electron chi connectivity index (χ1n) is 5.48. The van der Waals surface area contributed by atoms with Crippen molar-refractivity contribution >= 4 is 6.29 Å². The zero-order valence-electron chi connectivity index (χ0n) is 9.31. The van der Waals surface area contributed by atoms with Crippen LogP contribution in [0.1, 0.15) is 22.8 Å². The summed E-state index contributed by atoms with van der Waals surface area (Å²) in [6, 6.07) is 16.2. The van der Waals surface area contributed by atoms with Gasteiger partial charge in [-0.15, -0.1) is 0 Å². The maximum Gasteiger partial charge on any atom is 0.150 e. The molecule has 0 fully saturated rings. The minimum Gasteiger partial charge on any atom is -0.298 e. The van der Waals surface area contributed by atoms with Gasteiger partial charge >= 0.3 is 0 Å². The minimum atomic E-state index is 0.794. The second-order valence-corrected chi connectivity index (χ2v) is 3.75. The number of carbonyl (C=O) groups excluding carboxylic acids is 1. The van der Waals surface area contributed by atoms with Crippen molar-refractivity contribution in [3.63, 3.8) is 0 Å². The number of rotatable bonds is 3. The van der Waals surface area contributed by atoms with Crippen molar-refractivity contribution in [1.82, 2.24) is 0 Å². The molecule has 16 heavy (non-hydrogen) atoms. The molecule has 80 valence electrons. The zero-order chi connectivity index (χ0) is 11.4. The third-order valence-electron chi connectivity index (χ3n) is 2.76. The quantitative estimate of drug-likeness (QED) is 0.705. The summed E-state index contributed by atoms with van der Waals surface area (Å²) in [5.74, 6) is 0. The van der Waals surface area contributed by atoms with E-state index in [2.05, 4.69) is 25.1 Å². The smallest absolute Gasteiger partial charge is 0.150 e. The molecule has 0 aliphatic heterocycles. The van der Waals surface area contributed by atoms with Crippen LogP contribution in [0.25, 0.3) is 11.1 Å². The Balaban J connectivity index is 2.48. The molecule has 2 rings (SSSR count). The van der Waals surface area contributed by atoms with Gasteiger partial charge < -0.3 is 0 Å². The zero-order valence-corrected chi connectivity index (χ0v) is 9.31. The van der Waals surface area contributed by atoms with E-state index in [0.29, 0.717) is 0 Å². The van der Waals surface area contributed by atoms with Crippen LogP contribution in [0, 0.1) is 0 Å². The Morgan fingerprint density at radius 1 is 1.00 bits per heavy atom. The summed E-state index contributed by atoms with van der Waals surface area (Å²) in [5.41, 5.74) is 4.26. The maximum atomic E-state index is 10.8. The summed E-state index contributed by atoms with van der Waals surface area (Å²) in [6.07, 6.45) is 1.81. The molecule has 2 aromatic rings. The van der Waals surface area contributed by atoms with Gasteiger partial charge in [0.05, 0.1) is 0 Å². The predicted molar refractivity (Wildman–Crippen MR) is 66.6 cm³/mol. The SMILES string of the molecule is CCc1cc(-c2ccccc2)ccc1C=O. The van der Waals surface area contributed by atoms with Gasteiger partial charge in [-0.05, 0) is 23.1 Å². The van der Waals surface area contributed by atoms with Crippen molar-refractivity contribution in [3.8, 4) is 11.1 Å². The fourth-order valence-electron chi connectivity index (χ4n) is 1.84. The van der Waals surface area contributed by atoms with Gasteiger partial charge in [-0.1, -0.05) is 55.5 Å². The van der Waals surface area contributed by atoms with Gasteiger partial charge in [-0.3, -0.25) is 4.79 Å². The number of hydrogen-bond donors (Lipinski definition) is 0. The van der Waals surface area contributed by atoms with Crippen LogP contribution in [0.5, 0.6) is 0 Å². The van der Waals surface area contributed by atoms with E-state index in [1.54, 1.807) is 0 Å². The molecule has 0 atom stereocenters. The van der Waals surface area contributed by atoms with Crippen molar-refractivity contribution in [2.45, 2.75) is 13.3 Å². The molecule has 0 aromatic heterocycles. The predicted octanol–water partition coefficient (Wildman–Crippen LogP) is 3.73. The molecule has 0 heterocycles. The van der Waals surface area contributed by atoms with Gasteiger partial charge in [0.1, 0.15) is 6.29 Å². The summed E-state index contributed by atoms with van der Waals surface area (Å²) >= 11 is 0. The molecule has 0 aliphatic rings. The fourth-order valence-corrected chi connectivity index (χ4v) is 1.84. The molecule has 0 aliphatic carbocycles. The van der Waals surface area contributed by atoms with E-state index in [1.807, 2.05) is 30.3 Å². The lowest BCUT2D eigenvalue weighted by molar-refractivity contribution is 0.112. The van der Waals surface area contributed by atoms with Crippen molar-refractivity contribution in [3.05, 3.63) is 59.7 Å². The molecule has 0 radical (unpaired) electrons. The lowest BCUT2D eigenvalue weighted by Gasteiger charge is -2.06. The van der Waals surface area contributed by atoms with Gasteiger partial charge in [0.2, 0.25) is 0 Å². The van der Waals surface area contributed by atoms with Crippen LogP contribution in [-0.4, -0.2) is 6.29 Å². The van der Waals surface area contributed by atoms with E-state index in [9.17, 15) is 4.79 Å². The average molecular weight is 210 g/mol. The first kappa shape index (κ1) is 10.6. The van der Waals surface area contributed by atoms with Gasteiger partial charge in [0.15, 0.2) is 0 Å². The molecular weight excluding hydrogens is 196 g/mol. The molecule has 0 amide bonds. The van der Waals surface area contributed by atoms with E-state index in [1.165, 1.54) is 11.1 Å². The van der Waals surface area contributed by atoms with Crippen LogP contribution in [0.2, 0.25) is 0 Å². The van der Waals surface area contributed by atoms with Crippen molar-refractivity contribution in [2.75, 3.05) is 0 Å². The summed E-state index contributed by atoms with van der Waals surface area (Å²) < 4.78 is 0. The van der Waals surface area contributed by atoms with E-state index >= 15 is 0 Å². The first-order chi connectivity index (χ1) is 7.85. The molecule has 0 spiro atoms. The molecule has 2 aromatic carbocycles. The summed E-state index contributed by atoms with van der Waals surface area (Å²) in [6.45, 7) is 2.07. The van der Waals surface area contributed by atoms with Gasteiger partial charge in [0.25, 0.3) is 0 Å². The summed E-state index contributed by atoms with van der Waals surface area (Å²) in [4.78, 5) is 10.8. The van der Waals surface area contributed by atoms with Gasteiger partial charge in [-0.2, -0.15) is 0 Å². The highest BCUT2D eigenvalue weighted by Crippen LogP contribution is 2.22. The van der Waals surface area contributed by atoms with E-state index in [0.717, 1.165) is 23.8 Å². The molecule has 0 unspecified atom stereocenters. The fraction of sp³-hybridized carbons (Fsp3) is 0.133. The molecule has 0 saturated heterocycles. The Labute approximate surface area is 95.7 Å². The van der Waals surface area contributed by atoms with Gasteiger partial charge in [-0.25, -0.2) is 0 Å². The lowest BCUT2D eigenvalue weighted by atomic mass is 9.98. The Kier molecular flexibility index (Phi) is 3.16. The van der Waals surface area contributed by atoms with Crippen LogP contribution in [0.3, 0.4) is 0 Å². The second kappa shape index (κ2) is 4.75. The second-order valence-electron chi connectivity index (χ2n) is 3.75. The van der Waals surface area contributed by atoms with Crippen molar-refractivity contribution in [2.24, 2.45) is 0 Å². The first-order valence-corrected chi connectivity index (χ1v) is 5.48. The normalized spacial score (nSPS) is 10.1. The Bertz CT molecular complexity index is 486. The standard InChI is InChI=1S/C15H14O/c1-2-12-10-14(8-9-15(12)11-16)13-6-4-3-5-7-13/h3-11H,2H2,1H3. The number of hydrogen-bond acceptors (Lipinski definition) is 1. The van der Waals surface area contributed by atoms with Crippen LogP contribution in [0.15, 0.2) is 48.5 Å². The van der Waals surface area contributed by atoms with Crippen molar-refractivity contribution < 1.29 is 4.79 Å². The lowest BCUT2D eigenvalue weighted by Crippen LogP contribution is -1.91. The van der Waals surface area contributed by atoms with Crippen LogP contribution < -0.4 is 0 Å². The maximum absolute atomic E-state index is 10.8. The third-order valence-corrected chi connectivity index (χ3v) is 2.76. The number of benzene rings is 2. The molecule has 0 bridgehead atoms. The highest BCUT2D eigenvalue weighted by Gasteiger charge is 2.02. The molecule has 1 heteroatoms. The Hall–Kier alpha value is -1.89. The van der Waals surface area contributed by atoms with E-state index in [4.69, 9.17) is 0 Å². The number of aldehydes is 1. The van der Waals surface area contributed by atoms with Gasteiger partial charge in [0, 0.05) is 5.56 Å². The van der Waals surface area contributed by atoms with Crippen molar-refractivity contribution in [1.29, 1.82) is 0 Å². The monoisotopic (exact) mass is 210 g/mol. The topological polar surface area (TPSA) is 17.1 Å². The number of carbonyl (C=O) groups is 1. The van der Waals surface area contributed by atoms with Crippen LogP contribution in [-0.2, 0) is 6.42 Å². The minimum absolute atomic E-state index is 0.794. The van der Waals surface area contributed by atoms with Crippen LogP contribution in [0.4, 0.5) is 0 Å². The molecule has 0 N–H and O–H groups in total. The highest BCUT2D eigenvalue weighted by molar-refractivity contribution is 5.79. The molecule has 0 saturated carbocycles. The third kappa shape index (κ3) is 2.03. The molecular formula is C15H14O. The van der Waals surface area contributed by atoms with E-state index < -0.39 is 0 Å². The van der Waals surface area contributed by atoms with Crippen LogP contribution >= 0.6 is 0 Å².